The van der Waals surface area contributed by atoms with Gasteiger partial charge in [-0.05, 0) is 38.4 Å². The van der Waals surface area contributed by atoms with E-state index in [9.17, 15) is 0 Å². The predicted octanol–water partition coefficient (Wildman–Crippen LogP) is 2.46. The Balaban J connectivity index is 2.10. The van der Waals surface area contributed by atoms with Crippen molar-refractivity contribution in [2.75, 3.05) is 6.54 Å². The molecule has 0 saturated carbocycles. The standard InChI is InChI=1S/C13H17N3/c1-10-13(11-6-2-4-8-14-11)16-9-5-3-7-12(16)15-10/h3,5,7,9,11,14H,2,4,6,8H2,1H3. The molecule has 84 valence electrons. The normalized spacial score (nSPS) is 21.4. The van der Waals surface area contributed by atoms with Gasteiger partial charge in [-0.3, -0.25) is 0 Å². The van der Waals surface area contributed by atoms with Crippen LogP contribution in [0, 0.1) is 6.92 Å². The van der Waals surface area contributed by atoms with Gasteiger partial charge >= 0.3 is 0 Å². The lowest BCUT2D eigenvalue weighted by molar-refractivity contribution is 0.402. The highest BCUT2D eigenvalue weighted by atomic mass is 15.1. The molecule has 0 aliphatic carbocycles. The van der Waals surface area contributed by atoms with Crippen LogP contribution < -0.4 is 5.32 Å². The average Bonchev–Trinajstić information content (AvgIpc) is 2.66. The van der Waals surface area contributed by atoms with Gasteiger partial charge < -0.3 is 9.72 Å². The maximum absolute atomic E-state index is 4.61. The Hall–Kier alpha value is -1.35. The minimum Gasteiger partial charge on any atom is -0.309 e. The summed E-state index contributed by atoms with van der Waals surface area (Å²) in [6.07, 6.45) is 5.95. The number of aryl methyl sites for hydroxylation is 1. The number of fused-ring (bicyclic) bond motifs is 1. The summed E-state index contributed by atoms with van der Waals surface area (Å²) in [6.45, 7) is 3.24. The van der Waals surface area contributed by atoms with Crippen LogP contribution in [0.2, 0.25) is 0 Å². The average molecular weight is 215 g/mol. The SMILES string of the molecule is Cc1nc2ccccn2c1C1CCCCN1. The Labute approximate surface area is 95.5 Å². The summed E-state index contributed by atoms with van der Waals surface area (Å²) in [5, 5.41) is 3.59. The highest BCUT2D eigenvalue weighted by Crippen LogP contribution is 2.26. The Morgan fingerprint density at radius 2 is 2.31 bits per heavy atom. The molecule has 1 aliphatic rings. The van der Waals surface area contributed by atoms with Crippen molar-refractivity contribution in [3.05, 3.63) is 35.8 Å². The van der Waals surface area contributed by atoms with Crippen molar-refractivity contribution in [2.45, 2.75) is 32.2 Å². The molecule has 16 heavy (non-hydrogen) atoms. The van der Waals surface area contributed by atoms with Gasteiger partial charge in [-0.2, -0.15) is 0 Å². The number of rotatable bonds is 1. The molecule has 0 radical (unpaired) electrons. The third kappa shape index (κ3) is 1.52. The second kappa shape index (κ2) is 3.91. The van der Waals surface area contributed by atoms with E-state index in [1.54, 1.807) is 0 Å². The Bertz CT molecular complexity index is 495. The molecule has 1 saturated heterocycles. The molecule has 3 rings (SSSR count). The van der Waals surface area contributed by atoms with Gasteiger partial charge in [0.2, 0.25) is 0 Å². The van der Waals surface area contributed by atoms with Crippen LogP contribution in [0.3, 0.4) is 0 Å². The molecular formula is C13H17N3. The first-order valence-electron chi connectivity index (χ1n) is 6.03. The number of pyridine rings is 1. The van der Waals surface area contributed by atoms with Gasteiger partial charge in [0.25, 0.3) is 0 Å². The number of imidazole rings is 1. The van der Waals surface area contributed by atoms with Crippen LogP contribution in [0.4, 0.5) is 0 Å². The fraction of sp³-hybridized carbons (Fsp3) is 0.462. The molecule has 3 heterocycles. The molecular weight excluding hydrogens is 198 g/mol. The van der Waals surface area contributed by atoms with E-state index in [4.69, 9.17) is 0 Å². The van der Waals surface area contributed by atoms with Crippen LogP contribution in [0.15, 0.2) is 24.4 Å². The number of hydrogen-bond acceptors (Lipinski definition) is 2. The van der Waals surface area contributed by atoms with E-state index in [2.05, 4.69) is 40.0 Å². The molecule has 0 bridgehead atoms. The molecule has 1 fully saturated rings. The zero-order valence-electron chi connectivity index (χ0n) is 9.61. The molecule has 1 unspecified atom stereocenters. The van der Waals surface area contributed by atoms with Crippen LogP contribution in [0.1, 0.15) is 36.7 Å². The van der Waals surface area contributed by atoms with Gasteiger partial charge in [0.05, 0.1) is 11.4 Å². The zero-order chi connectivity index (χ0) is 11.0. The van der Waals surface area contributed by atoms with Crippen molar-refractivity contribution < 1.29 is 0 Å². The third-order valence-electron chi connectivity index (χ3n) is 3.39. The number of hydrogen-bond donors (Lipinski definition) is 1. The summed E-state index contributed by atoms with van der Waals surface area (Å²) in [5.74, 6) is 0. The first-order valence-corrected chi connectivity index (χ1v) is 6.03. The van der Waals surface area contributed by atoms with Crippen LogP contribution >= 0.6 is 0 Å². The summed E-state index contributed by atoms with van der Waals surface area (Å²) in [4.78, 5) is 4.61. The molecule has 2 aromatic rings. The Morgan fingerprint density at radius 1 is 1.38 bits per heavy atom. The molecule has 0 aromatic carbocycles. The van der Waals surface area contributed by atoms with Crippen molar-refractivity contribution in [3.63, 3.8) is 0 Å². The van der Waals surface area contributed by atoms with E-state index in [0.29, 0.717) is 6.04 Å². The summed E-state index contributed by atoms with van der Waals surface area (Å²) >= 11 is 0. The lowest BCUT2D eigenvalue weighted by Crippen LogP contribution is -2.28. The molecule has 0 spiro atoms. The second-order valence-electron chi connectivity index (χ2n) is 4.51. The van der Waals surface area contributed by atoms with Crippen LogP contribution in [-0.2, 0) is 0 Å². The van der Waals surface area contributed by atoms with Crippen LogP contribution in [-0.4, -0.2) is 15.9 Å². The minimum absolute atomic E-state index is 0.478. The monoisotopic (exact) mass is 215 g/mol. The number of nitrogens with one attached hydrogen (secondary N) is 1. The van der Waals surface area contributed by atoms with E-state index in [1.807, 2.05) is 6.07 Å². The molecule has 1 atom stereocenters. The van der Waals surface area contributed by atoms with Gasteiger partial charge in [0, 0.05) is 12.2 Å². The van der Waals surface area contributed by atoms with Crippen molar-refractivity contribution in [1.82, 2.24) is 14.7 Å². The topological polar surface area (TPSA) is 29.3 Å². The van der Waals surface area contributed by atoms with E-state index < -0.39 is 0 Å². The Kier molecular flexibility index (Phi) is 2.40. The van der Waals surface area contributed by atoms with Crippen molar-refractivity contribution in [2.24, 2.45) is 0 Å². The number of nitrogens with zero attached hydrogens (tertiary/aromatic N) is 2. The van der Waals surface area contributed by atoms with E-state index in [1.165, 1.54) is 25.0 Å². The minimum atomic E-state index is 0.478. The molecule has 1 N–H and O–H groups in total. The van der Waals surface area contributed by atoms with Gasteiger partial charge in [-0.15, -0.1) is 0 Å². The van der Waals surface area contributed by atoms with Crippen LogP contribution in [0.25, 0.3) is 5.65 Å². The maximum atomic E-state index is 4.61. The van der Waals surface area contributed by atoms with Gasteiger partial charge in [0.15, 0.2) is 0 Å². The summed E-state index contributed by atoms with van der Waals surface area (Å²) in [5.41, 5.74) is 3.56. The van der Waals surface area contributed by atoms with Crippen molar-refractivity contribution >= 4 is 5.65 Å². The third-order valence-corrected chi connectivity index (χ3v) is 3.39. The van der Waals surface area contributed by atoms with Crippen molar-refractivity contribution in [1.29, 1.82) is 0 Å². The quantitative estimate of drug-likeness (QED) is 0.791. The number of piperidine rings is 1. The fourth-order valence-electron chi connectivity index (χ4n) is 2.64. The first-order chi connectivity index (χ1) is 7.86. The van der Waals surface area contributed by atoms with Crippen molar-refractivity contribution in [3.8, 4) is 0 Å². The molecule has 2 aromatic heterocycles. The van der Waals surface area contributed by atoms with Gasteiger partial charge in [0.1, 0.15) is 5.65 Å². The van der Waals surface area contributed by atoms with E-state index in [-0.39, 0.29) is 0 Å². The highest BCUT2D eigenvalue weighted by molar-refractivity contribution is 5.43. The molecule has 3 heteroatoms. The van der Waals surface area contributed by atoms with Gasteiger partial charge in [-0.25, -0.2) is 4.98 Å². The van der Waals surface area contributed by atoms with Gasteiger partial charge in [-0.1, -0.05) is 12.5 Å². The molecule has 0 amide bonds. The lowest BCUT2D eigenvalue weighted by atomic mass is 10.0. The lowest BCUT2D eigenvalue weighted by Gasteiger charge is -2.23. The highest BCUT2D eigenvalue weighted by Gasteiger charge is 2.20. The van der Waals surface area contributed by atoms with Crippen LogP contribution in [0.5, 0.6) is 0 Å². The molecule has 3 nitrogen and oxygen atoms in total. The molecule has 1 aliphatic heterocycles. The smallest absolute Gasteiger partial charge is 0.137 e. The number of aromatic nitrogens is 2. The fourth-order valence-corrected chi connectivity index (χ4v) is 2.64. The Morgan fingerprint density at radius 3 is 3.12 bits per heavy atom. The predicted molar refractivity (Wildman–Crippen MR) is 64.5 cm³/mol. The summed E-state index contributed by atoms with van der Waals surface area (Å²) < 4.78 is 2.22. The first kappa shape index (κ1) is 9.85. The summed E-state index contributed by atoms with van der Waals surface area (Å²) in [7, 11) is 0. The second-order valence-corrected chi connectivity index (χ2v) is 4.51. The summed E-state index contributed by atoms with van der Waals surface area (Å²) in [6, 6.07) is 6.66. The zero-order valence-corrected chi connectivity index (χ0v) is 9.61. The van der Waals surface area contributed by atoms with E-state index >= 15 is 0 Å². The largest absolute Gasteiger partial charge is 0.309 e. The maximum Gasteiger partial charge on any atom is 0.137 e. The van der Waals surface area contributed by atoms with E-state index in [0.717, 1.165) is 17.9 Å².